The number of nitrogens with zero attached hydrogens (tertiary/aromatic N) is 2. The van der Waals surface area contributed by atoms with E-state index in [1.807, 2.05) is 29.0 Å². The van der Waals surface area contributed by atoms with Crippen LogP contribution in [0.1, 0.15) is 26.3 Å². The summed E-state index contributed by atoms with van der Waals surface area (Å²) in [4.78, 5) is 4.06. The quantitative estimate of drug-likeness (QED) is 0.773. The molecule has 1 aromatic heterocycles. The van der Waals surface area contributed by atoms with Crippen molar-refractivity contribution in [1.82, 2.24) is 9.55 Å². The topological polar surface area (TPSA) is 17.8 Å². The molecule has 0 amide bonds. The lowest BCUT2D eigenvalue weighted by Crippen LogP contribution is -2.09. The Morgan fingerprint density at radius 1 is 1.28 bits per heavy atom. The van der Waals surface area contributed by atoms with Crippen molar-refractivity contribution in [3.8, 4) is 0 Å². The summed E-state index contributed by atoms with van der Waals surface area (Å²) in [6, 6.07) is 7.93. The second-order valence-corrected chi connectivity index (χ2v) is 5.69. The molecule has 0 atom stereocenters. The van der Waals surface area contributed by atoms with E-state index < -0.39 is 0 Å². The van der Waals surface area contributed by atoms with Gasteiger partial charge in [0.15, 0.2) is 0 Å². The minimum Gasteiger partial charge on any atom is -0.313 e. The average molecular weight is 261 g/mol. The first-order valence-corrected chi connectivity index (χ1v) is 6.31. The van der Waals surface area contributed by atoms with Crippen molar-refractivity contribution in [1.29, 1.82) is 0 Å². The first kappa shape index (κ1) is 12.9. The zero-order valence-corrected chi connectivity index (χ0v) is 11.6. The van der Waals surface area contributed by atoms with Crippen LogP contribution in [0.25, 0.3) is 11.8 Å². The summed E-state index contributed by atoms with van der Waals surface area (Å²) in [5.74, 6) is 0. The van der Waals surface area contributed by atoms with E-state index in [4.69, 9.17) is 11.6 Å². The summed E-state index contributed by atoms with van der Waals surface area (Å²) >= 11 is 6.30. The van der Waals surface area contributed by atoms with Gasteiger partial charge in [0.1, 0.15) is 0 Å². The largest absolute Gasteiger partial charge is 0.313 e. The van der Waals surface area contributed by atoms with E-state index in [9.17, 15) is 0 Å². The van der Waals surface area contributed by atoms with Gasteiger partial charge < -0.3 is 4.57 Å². The van der Waals surface area contributed by atoms with E-state index in [1.165, 1.54) is 5.57 Å². The van der Waals surface area contributed by atoms with Gasteiger partial charge in [-0.3, -0.25) is 0 Å². The number of allylic oxidation sites excluding steroid dienone is 1. The van der Waals surface area contributed by atoms with Crippen molar-refractivity contribution in [2.24, 2.45) is 5.41 Å². The maximum atomic E-state index is 6.30. The monoisotopic (exact) mass is 260 g/mol. The molecule has 0 unspecified atom stereocenters. The zero-order chi connectivity index (χ0) is 13.2. The van der Waals surface area contributed by atoms with Crippen LogP contribution in [0.15, 0.2) is 43.0 Å². The molecule has 2 rings (SSSR count). The number of halogens is 1. The molecule has 0 bridgehead atoms. The van der Waals surface area contributed by atoms with Gasteiger partial charge in [-0.2, -0.15) is 0 Å². The van der Waals surface area contributed by atoms with Gasteiger partial charge >= 0.3 is 0 Å². The minimum absolute atomic E-state index is 0.00919. The fourth-order valence-electron chi connectivity index (χ4n) is 1.84. The van der Waals surface area contributed by atoms with Crippen LogP contribution in [0.5, 0.6) is 0 Å². The number of rotatable bonds is 2. The molecule has 0 saturated carbocycles. The summed E-state index contributed by atoms with van der Waals surface area (Å²) in [7, 11) is 0. The summed E-state index contributed by atoms with van der Waals surface area (Å²) in [6.45, 7) is 6.54. The van der Waals surface area contributed by atoms with Crippen molar-refractivity contribution in [3.05, 3.63) is 53.6 Å². The third-order valence-electron chi connectivity index (χ3n) is 2.78. The molecule has 2 nitrogen and oxygen atoms in total. The van der Waals surface area contributed by atoms with Crippen molar-refractivity contribution in [2.75, 3.05) is 0 Å². The SMILES string of the molecule is CC(C)(C)/C(=C\n1ccnc1)c1ccccc1Cl. The maximum Gasteiger partial charge on any atom is 0.0986 e. The molecule has 0 aliphatic rings. The van der Waals surface area contributed by atoms with Crippen LogP contribution in [0.4, 0.5) is 0 Å². The maximum absolute atomic E-state index is 6.30. The molecule has 0 fully saturated rings. The van der Waals surface area contributed by atoms with Crippen LogP contribution >= 0.6 is 11.6 Å². The predicted octanol–water partition coefficient (Wildman–Crippen LogP) is 4.58. The van der Waals surface area contributed by atoms with Gasteiger partial charge in [0, 0.05) is 23.6 Å². The summed E-state index contributed by atoms with van der Waals surface area (Å²) in [5.41, 5.74) is 2.27. The lowest BCUT2D eigenvalue weighted by molar-refractivity contribution is 0.568. The van der Waals surface area contributed by atoms with Crippen molar-refractivity contribution < 1.29 is 0 Å². The van der Waals surface area contributed by atoms with Gasteiger partial charge in [-0.1, -0.05) is 50.6 Å². The normalized spacial score (nSPS) is 12.8. The molecule has 0 N–H and O–H groups in total. The summed E-state index contributed by atoms with van der Waals surface area (Å²) < 4.78 is 1.95. The molecule has 94 valence electrons. The number of imidazole rings is 1. The van der Waals surface area contributed by atoms with E-state index in [2.05, 4.69) is 38.0 Å². The van der Waals surface area contributed by atoms with Gasteiger partial charge in [-0.05, 0) is 22.6 Å². The first-order valence-electron chi connectivity index (χ1n) is 5.93. The molecule has 0 aliphatic carbocycles. The molecule has 18 heavy (non-hydrogen) atoms. The average Bonchev–Trinajstić information content (AvgIpc) is 2.78. The Bertz CT molecular complexity index is 548. The third-order valence-corrected chi connectivity index (χ3v) is 3.10. The van der Waals surface area contributed by atoms with E-state index in [-0.39, 0.29) is 5.41 Å². The second kappa shape index (κ2) is 4.99. The lowest BCUT2D eigenvalue weighted by atomic mass is 9.82. The van der Waals surface area contributed by atoms with Crippen molar-refractivity contribution >= 4 is 23.4 Å². The molecule has 3 heteroatoms. The Morgan fingerprint density at radius 3 is 2.56 bits per heavy atom. The van der Waals surface area contributed by atoms with Crippen molar-refractivity contribution in [2.45, 2.75) is 20.8 Å². The van der Waals surface area contributed by atoms with Crippen LogP contribution in [-0.4, -0.2) is 9.55 Å². The number of aromatic nitrogens is 2. The van der Waals surface area contributed by atoms with Gasteiger partial charge in [-0.25, -0.2) is 4.98 Å². The number of benzene rings is 1. The van der Waals surface area contributed by atoms with Gasteiger partial charge in [0.2, 0.25) is 0 Å². The van der Waals surface area contributed by atoms with E-state index >= 15 is 0 Å². The van der Waals surface area contributed by atoms with Crippen LogP contribution in [-0.2, 0) is 0 Å². The van der Waals surface area contributed by atoms with E-state index in [0.29, 0.717) is 0 Å². The van der Waals surface area contributed by atoms with Gasteiger partial charge in [0.05, 0.1) is 6.33 Å². The molecule has 1 aromatic carbocycles. The standard InChI is InChI=1S/C15H17ClN2/c1-15(2,3)13(10-18-9-8-17-11-18)12-6-4-5-7-14(12)16/h4-11H,1-3H3/b13-10-. The fraction of sp³-hybridized carbons (Fsp3) is 0.267. The lowest BCUT2D eigenvalue weighted by Gasteiger charge is -2.24. The molecule has 1 heterocycles. The molecule has 2 aromatic rings. The highest BCUT2D eigenvalue weighted by Gasteiger charge is 2.20. The smallest absolute Gasteiger partial charge is 0.0986 e. The van der Waals surface area contributed by atoms with Crippen molar-refractivity contribution in [3.63, 3.8) is 0 Å². The Labute approximate surface area is 113 Å². The minimum atomic E-state index is 0.00919. The van der Waals surface area contributed by atoms with Crippen LogP contribution in [0.3, 0.4) is 0 Å². The second-order valence-electron chi connectivity index (χ2n) is 5.28. The number of hydrogen-bond acceptors (Lipinski definition) is 1. The highest BCUT2D eigenvalue weighted by atomic mass is 35.5. The number of hydrogen-bond donors (Lipinski definition) is 0. The molecule has 0 spiro atoms. The Morgan fingerprint density at radius 2 is 2.00 bits per heavy atom. The molecule has 0 saturated heterocycles. The van der Waals surface area contributed by atoms with Gasteiger partial charge in [0.25, 0.3) is 0 Å². The highest BCUT2D eigenvalue weighted by molar-refractivity contribution is 6.32. The molecule has 0 radical (unpaired) electrons. The predicted molar refractivity (Wildman–Crippen MR) is 77.3 cm³/mol. The Balaban J connectivity index is 2.55. The fourth-order valence-corrected chi connectivity index (χ4v) is 2.08. The summed E-state index contributed by atoms with van der Waals surface area (Å²) in [6.07, 6.45) is 7.54. The van der Waals surface area contributed by atoms with Crippen LogP contribution in [0, 0.1) is 5.41 Å². The van der Waals surface area contributed by atoms with Gasteiger partial charge in [-0.15, -0.1) is 0 Å². The third kappa shape index (κ3) is 2.82. The zero-order valence-electron chi connectivity index (χ0n) is 10.9. The molecular weight excluding hydrogens is 244 g/mol. The van der Waals surface area contributed by atoms with Crippen LogP contribution < -0.4 is 0 Å². The van der Waals surface area contributed by atoms with Crippen LogP contribution in [0.2, 0.25) is 5.02 Å². The van der Waals surface area contributed by atoms with E-state index in [1.54, 1.807) is 12.5 Å². The Kier molecular flexibility index (Phi) is 3.58. The molecule has 0 aliphatic heterocycles. The first-order chi connectivity index (χ1) is 8.48. The van der Waals surface area contributed by atoms with E-state index in [0.717, 1.165) is 10.6 Å². The molecular formula is C15H17ClN2. The summed E-state index contributed by atoms with van der Waals surface area (Å²) in [5, 5.41) is 0.777. The highest BCUT2D eigenvalue weighted by Crippen LogP contribution is 2.37. The Hall–Kier alpha value is -1.54.